The van der Waals surface area contributed by atoms with E-state index in [4.69, 9.17) is 17.3 Å². The molecule has 1 heterocycles. The van der Waals surface area contributed by atoms with Crippen molar-refractivity contribution >= 4 is 54.8 Å². The van der Waals surface area contributed by atoms with Gasteiger partial charge in [0, 0.05) is 31.3 Å². The van der Waals surface area contributed by atoms with E-state index in [1.165, 1.54) is 4.88 Å². The molecule has 0 amide bonds. The van der Waals surface area contributed by atoms with Crippen molar-refractivity contribution in [2.45, 2.75) is 12.5 Å². The summed E-state index contributed by atoms with van der Waals surface area (Å²) in [6, 6.07) is 7.73. The highest BCUT2D eigenvalue weighted by atomic mass is 79.9. The first-order valence-electron chi connectivity index (χ1n) is 5.00. The molecule has 0 radical (unpaired) electrons. The smallest absolute Gasteiger partial charge is 0.0417 e. The summed E-state index contributed by atoms with van der Waals surface area (Å²) in [7, 11) is 0. The number of thiophene rings is 1. The summed E-state index contributed by atoms with van der Waals surface area (Å²) in [5, 5.41) is 2.77. The van der Waals surface area contributed by atoms with E-state index in [2.05, 4.69) is 37.2 Å². The monoisotopic (exact) mass is 393 g/mol. The van der Waals surface area contributed by atoms with E-state index in [0.717, 1.165) is 20.9 Å². The highest BCUT2D eigenvalue weighted by molar-refractivity contribution is 9.10. The Labute approximate surface area is 126 Å². The maximum atomic E-state index is 6.22. The lowest BCUT2D eigenvalue weighted by Gasteiger charge is -2.13. The van der Waals surface area contributed by atoms with Gasteiger partial charge in [0.2, 0.25) is 0 Å². The van der Waals surface area contributed by atoms with E-state index in [0.29, 0.717) is 5.02 Å². The molecule has 1 aromatic carbocycles. The average Bonchev–Trinajstić information content (AvgIpc) is 2.64. The standard InChI is InChI=1S/C12H10Br2ClNS/c13-9-3-4-17-12(9)6-11(16)8-2-1-7(15)5-10(8)14/h1-5,11H,6,16H2. The second-order valence-corrected chi connectivity index (χ2v) is 6.81. The van der Waals surface area contributed by atoms with Gasteiger partial charge in [-0.1, -0.05) is 33.6 Å². The first kappa shape index (κ1) is 13.6. The average molecular weight is 396 g/mol. The van der Waals surface area contributed by atoms with Gasteiger partial charge in [0.25, 0.3) is 0 Å². The van der Waals surface area contributed by atoms with E-state index >= 15 is 0 Å². The molecule has 1 aromatic heterocycles. The summed E-state index contributed by atoms with van der Waals surface area (Å²) in [6.45, 7) is 0. The van der Waals surface area contributed by atoms with Gasteiger partial charge in [-0.3, -0.25) is 0 Å². The van der Waals surface area contributed by atoms with Crippen LogP contribution in [0.15, 0.2) is 38.6 Å². The van der Waals surface area contributed by atoms with Crippen LogP contribution in [0, 0.1) is 0 Å². The Balaban J connectivity index is 2.20. The molecule has 0 aliphatic carbocycles. The Hall–Kier alpha value is 0.130. The third-order valence-corrected chi connectivity index (χ3v) is 5.33. The summed E-state index contributed by atoms with van der Waals surface area (Å²) < 4.78 is 2.09. The van der Waals surface area contributed by atoms with Crippen molar-refractivity contribution in [3.8, 4) is 0 Å². The van der Waals surface area contributed by atoms with Crippen molar-refractivity contribution in [2.75, 3.05) is 0 Å². The van der Waals surface area contributed by atoms with Gasteiger partial charge in [0.15, 0.2) is 0 Å². The van der Waals surface area contributed by atoms with Crippen LogP contribution >= 0.6 is 54.8 Å². The Morgan fingerprint density at radius 2 is 2.00 bits per heavy atom. The summed E-state index contributed by atoms with van der Waals surface area (Å²) in [5.41, 5.74) is 7.30. The van der Waals surface area contributed by atoms with Crippen molar-refractivity contribution in [1.29, 1.82) is 0 Å². The minimum absolute atomic E-state index is 0.0309. The quantitative estimate of drug-likeness (QED) is 0.762. The minimum Gasteiger partial charge on any atom is -0.324 e. The van der Waals surface area contributed by atoms with Crippen molar-refractivity contribution in [2.24, 2.45) is 5.73 Å². The molecule has 2 N–H and O–H groups in total. The molecule has 0 saturated heterocycles. The Morgan fingerprint density at radius 1 is 1.24 bits per heavy atom. The SMILES string of the molecule is NC(Cc1sccc1Br)c1ccc(Cl)cc1Br. The number of halogens is 3. The summed E-state index contributed by atoms with van der Waals surface area (Å²) in [4.78, 5) is 1.26. The highest BCUT2D eigenvalue weighted by Crippen LogP contribution is 2.31. The zero-order valence-corrected chi connectivity index (χ0v) is 13.5. The Bertz CT molecular complexity index is 527. The molecule has 0 spiro atoms. The van der Waals surface area contributed by atoms with Crippen LogP contribution in [0.25, 0.3) is 0 Å². The molecule has 1 unspecified atom stereocenters. The van der Waals surface area contributed by atoms with Crippen LogP contribution in [-0.4, -0.2) is 0 Å². The molecule has 0 aliphatic heterocycles. The molecule has 2 rings (SSSR count). The van der Waals surface area contributed by atoms with Crippen LogP contribution in [0.1, 0.15) is 16.5 Å². The van der Waals surface area contributed by atoms with Gasteiger partial charge in [-0.25, -0.2) is 0 Å². The molecule has 1 nitrogen and oxygen atoms in total. The maximum absolute atomic E-state index is 6.22. The summed E-state index contributed by atoms with van der Waals surface area (Å²) >= 11 is 14.6. The molecule has 1 atom stereocenters. The van der Waals surface area contributed by atoms with Crippen molar-refractivity contribution in [3.05, 3.63) is 54.1 Å². The Kier molecular flexibility index (Phi) is 4.66. The number of benzene rings is 1. The van der Waals surface area contributed by atoms with Gasteiger partial charge in [0.1, 0.15) is 0 Å². The van der Waals surface area contributed by atoms with Crippen LogP contribution in [0.5, 0.6) is 0 Å². The van der Waals surface area contributed by atoms with Crippen LogP contribution in [0.2, 0.25) is 5.02 Å². The zero-order chi connectivity index (χ0) is 12.4. The maximum Gasteiger partial charge on any atom is 0.0417 e. The lowest BCUT2D eigenvalue weighted by molar-refractivity contribution is 0.725. The van der Waals surface area contributed by atoms with E-state index in [1.54, 1.807) is 11.3 Å². The molecule has 90 valence electrons. The van der Waals surface area contributed by atoms with Gasteiger partial charge in [0.05, 0.1) is 0 Å². The molecule has 0 saturated carbocycles. The summed E-state index contributed by atoms with van der Waals surface area (Å²) in [6.07, 6.45) is 0.818. The number of hydrogen-bond acceptors (Lipinski definition) is 2. The fourth-order valence-electron chi connectivity index (χ4n) is 1.58. The fraction of sp³-hybridized carbons (Fsp3) is 0.167. The normalized spacial score (nSPS) is 12.7. The van der Waals surface area contributed by atoms with Gasteiger partial charge >= 0.3 is 0 Å². The third kappa shape index (κ3) is 3.32. The lowest BCUT2D eigenvalue weighted by Crippen LogP contribution is -2.13. The van der Waals surface area contributed by atoms with Gasteiger partial charge in [-0.05, 0) is 45.1 Å². The van der Waals surface area contributed by atoms with Crippen LogP contribution < -0.4 is 5.73 Å². The molecule has 0 aliphatic rings. The van der Waals surface area contributed by atoms with E-state index in [-0.39, 0.29) is 6.04 Å². The largest absolute Gasteiger partial charge is 0.324 e. The second-order valence-electron chi connectivity index (χ2n) is 3.67. The van der Waals surface area contributed by atoms with Crippen LogP contribution in [0.4, 0.5) is 0 Å². The summed E-state index contributed by atoms with van der Waals surface area (Å²) in [5.74, 6) is 0. The number of hydrogen-bond donors (Lipinski definition) is 1. The zero-order valence-electron chi connectivity index (χ0n) is 8.79. The van der Waals surface area contributed by atoms with E-state index < -0.39 is 0 Å². The van der Waals surface area contributed by atoms with Crippen molar-refractivity contribution < 1.29 is 0 Å². The molecule has 2 aromatic rings. The molecule has 0 fully saturated rings. The van der Waals surface area contributed by atoms with Crippen LogP contribution in [0.3, 0.4) is 0 Å². The second kappa shape index (κ2) is 5.85. The topological polar surface area (TPSA) is 26.0 Å². The fourth-order valence-corrected chi connectivity index (χ4v) is 4.13. The van der Waals surface area contributed by atoms with E-state index in [9.17, 15) is 0 Å². The molecular weight excluding hydrogens is 385 g/mol. The van der Waals surface area contributed by atoms with Crippen molar-refractivity contribution in [1.82, 2.24) is 0 Å². The minimum atomic E-state index is -0.0309. The molecule has 5 heteroatoms. The molecule has 0 bridgehead atoms. The predicted octanol–water partition coefficient (Wildman–Crippen LogP) is 5.17. The first-order chi connectivity index (χ1) is 8.08. The number of rotatable bonds is 3. The predicted molar refractivity (Wildman–Crippen MR) is 81.8 cm³/mol. The lowest BCUT2D eigenvalue weighted by atomic mass is 10.0. The van der Waals surface area contributed by atoms with Gasteiger partial charge in [-0.15, -0.1) is 11.3 Å². The molecule has 17 heavy (non-hydrogen) atoms. The first-order valence-corrected chi connectivity index (χ1v) is 7.84. The highest BCUT2D eigenvalue weighted by Gasteiger charge is 2.13. The number of nitrogens with two attached hydrogens (primary N) is 1. The van der Waals surface area contributed by atoms with Crippen molar-refractivity contribution in [3.63, 3.8) is 0 Å². The van der Waals surface area contributed by atoms with Gasteiger partial charge < -0.3 is 5.73 Å². The van der Waals surface area contributed by atoms with Gasteiger partial charge in [-0.2, -0.15) is 0 Å². The third-order valence-electron chi connectivity index (χ3n) is 2.46. The van der Waals surface area contributed by atoms with E-state index in [1.807, 2.05) is 24.3 Å². The molecular formula is C12H10Br2ClNS. The van der Waals surface area contributed by atoms with Crippen LogP contribution in [-0.2, 0) is 6.42 Å². The Morgan fingerprint density at radius 3 is 2.59 bits per heavy atom.